The van der Waals surface area contributed by atoms with E-state index in [0.29, 0.717) is 45.6 Å². The van der Waals surface area contributed by atoms with Crippen LogP contribution >= 0.6 is 27.5 Å². The van der Waals surface area contributed by atoms with Gasteiger partial charge < -0.3 is 19.5 Å². The van der Waals surface area contributed by atoms with Gasteiger partial charge in [0.2, 0.25) is 0 Å². The standard InChI is InChI=1S/C16H13BrClNO4/c17-12-7-14-15(22-5-4-21-14)8-13(12)19-16(20)9-23-11-3-1-2-10(18)6-11/h1-3,6-8H,4-5,9H2,(H,19,20). The average molecular weight is 399 g/mol. The summed E-state index contributed by atoms with van der Waals surface area (Å²) in [7, 11) is 0. The summed E-state index contributed by atoms with van der Waals surface area (Å²) in [6.07, 6.45) is 0. The second-order valence-electron chi connectivity index (χ2n) is 4.77. The second kappa shape index (κ2) is 7.10. The molecule has 0 fully saturated rings. The molecule has 2 aromatic carbocycles. The van der Waals surface area contributed by atoms with Gasteiger partial charge in [-0.15, -0.1) is 0 Å². The molecule has 0 radical (unpaired) electrons. The van der Waals surface area contributed by atoms with Gasteiger partial charge in [0.15, 0.2) is 18.1 Å². The Labute approximate surface area is 146 Å². The van der Waals surface area contributed by atoms with Gasteiger partial charge in [-0.25, -0.2) is 0 Å². The zero-order valence-corrected chi connectivity index (χ0v) is 14.3. The largest absolute Gasteiger partial charge is 0.486 e. The van der Waals surface area contributed by atoms with Crippen molar-refractivity contribution in [2.24, 2.45) is 0 Å². The van der Waals surface area contributed by atoms with Gasteiger partial charge in [0.1, 0.15) is 19.0 Å². The zero-order valence-electron chi connectivity index (χ0n) is 12.0. The zero-order chi connectivity index (χ0) is 16.2. The minimum absolute atomic E-state index is 0.124. The molecule has 0 saturated heterocycles. The Morgan fingerprint density at radius 2 is 1.96 bits per heavy atom. The normalized spacial score (nSPS) is 12.6. The fourth-order valence-electron chi connectivity index (χ4n) is 2.05. The highest BCUT2D eigenvalue weighted by Crippen LogP contribution is 2.38. The number of ether oxygens (including phenoxy) is 3. The molecule has 0 saturated carbocycles. The Morgan fingerprint density at radius 3 is 2.70 bits per heavy atom. The summed E-state index contributed by atoms with van der Waals surface area (Å²) in [5.41, 5.74) is 0.592. The molecule has 0 spiro atoms. The van der Waals surface area contributed by atoms with E-state index in [1.165, 1.54) is 0 Å². The lowest BCUT2D eigenvalue weighted by atomic mass is 10.2. The molecule has 0 bridgehead atoms. The van der Waals surface area contributed by atoms with Crippen LogP contribution in [0.1, 0.15) is 0 Å². The maximum Gasteiger partial charge on any atom is 0.262 e. The van der Waals surface area contributed by atoms with Crippen LogP contribution in [0.5, 0.6) is 17.2 Å². The smallest absolute Gasteiger partial charge is 0.262 e. The van der Waals surface area contributed by atoms with Crippen molar-refractivity contribution in [3.8, 4) is 17.2 Å². The highest BCUT2D eigenvalue weighted by atomic mass is 79.9. The van der Waals surface area contributed by atoms with Crippen LogP contribution in [0.25, 0.3) is 0 Å². The van der Waals surface area contributed by atoms with Crippen LogP contribution in [0.15, 0.2) is 40.9 Å². The van der Waals surface area contributed by atoms with Gasteiger partial charge in [0, 0.05) is 21.6 Å². The number of benzene rings is 2. The summed E-state index contributed by atoms with van der Waals surface area (Å²) >= 11 is 9.27. The highest BCUT2D eigenvalue weighted by Gasteiger charge is 2.16. The Bertz CT molecular complexity index is 738. The van der Waals surface area contributed by atoms with E-state index in [4.69, 9.17) is 25.8 Å². The van der Waals surface area contributed by atoms with Crippen molar-refractivity contribution in [3.05, 3.63) is 45.9 Å². The minimum Gasteiger partial charge on any atom is -0.486 e. The van der Waals surface area contributed by atoms with E-state index in [9.17, 15) is 4.79 Å². The highest BCUT2D eigenvalue weighted by molar-refractivity contribution is 9.10. The molecule has 0 aliphatic carbocycles. The van der Waals surface area contributed by atoms with Gasteiger partial charge >= 0.3 is 0 Å². The van der Waals surface area contributed by atoms with Gasteiger partial charge in [-0.2, -0.15) is 0 Å². The third kappa shape index (κ3) is 4.09. The first kappa shape index (κ1) is 16.0. The van der Waals surface area contributed by atoms with Crippen LogP contribution in [0, 0.1) is 0 Å². The van der Waals surface area contributed by atoms with Gasteiger partial charge in [0.05, 0.1) is 5.69 Å². The first-order valence-corrected chi connectivity index (χ1v) is 8.06. The molecule has 1 aliphatic heterocycles. The predicted molar refractivity (Wildman–Crippen MR) is 90.7 cm³/mol. The molecule has 1 amide bonds. The van der Waals surface area contributed by atoms with Crippen molar-refractivity contribution in [1.29, 1.82) is 0 Å². The number of carbonyl (C=O) groups excluding carboxylic acids is 1. The first-order chi connectivity index (χ1) is 11.1. The molecule has 1 N–H and O–H groups in total. The molecule has 5 nitrogen and oxygen atoms in total. The molecule has 120 valence electrons. The number of carbonyl (C=O) groups is 1. The topological polar surface area (TPSA) is 56.8 Å². The lowest BCUT2D eigenvalue weighted by Crippen LogP contribution is -2.21. The van der Waals surface area contributed by atoms with Gasteiger partial charge in [-0.1, -0.05) is 17.7 Å². The summed E-state index contributed by atoms with van der Waals surface area (Å²) < 4.78 is 17.1. The van der Waals surface area contributed by atoms with Crippen molar-refractivity contribution >= 4 is 39.1 Å². The number of hydrogen-bond donors (Lipinski definition) is 1. The number of anilines is 1. The lowest BCUT2D eigenvalue weighted by Gasteiger charge is -2.20. The van der Waals surface area contributed by atoms with Crippen molar-refractivity contribution in [2.75, 3.05) is 25.1 Å². The van der Waals surface area contributed by atoms with Crippen molar-refractivity contribution in [3.63, 3.8) is 0 Å². The predicted octanol–water partition coefficient (Wildman–Crippen LogP) is 3.89. The van der Waals surface area contributed by atoms with Crippen LogP contribution in [-0.2, 0) is 4.79 Å². The monoisotopic (exact) mass is 397 g/mol. The molecule has 0 unspecified atom stereocenters. The third-order valence-corrected chi connectivity index (χ3v) is 3.96. The first-order valence-electron chi connectivity index (χ1n) is 6.89. The molecule has 1 heterocycles. The van der Waals surface area contributed by atoms with Crippen LogP contribution in [0.2, 0.25) is 5.02 Å². The van der Waals surface area contributed by atoms with Crippen LogP contribution in [0.4, 0.5) is 5.69 Å². The Hall–Kier alpha value is -1.92. The van der Waals surface area contributed by atoms with Crippen molar-refractivity contribution < 1.29 is 19.0 Å². The summed E-state index contributed by atoms with van der Waals surface area (Å²) in [4.78, 5) is 12.0. The van der Waals surface area contributed by atoms with Crippen molar-refractivity contribution in [1.82, 2.24) is 0 Å². The molecule has 2 aromatic rings. The molecular formula is C16H13BrClNO4. The second-order valence-corrected chi connectivity index (χ2v) is 6.06. The fourth-order valence-corrected chi connectivity index (χ4v) is 2.65. The molecule has 0 aromatic heterocycles. The fraction of sp³-hybridized carbons (Fsp3) is 0.188. The summed E-state index contributed by atoms with van der Waals surface area (Å²) in [6.45, 7) is 0.875. The maximum absolute atomic E-state index is 12.0. The molecule has 1 aliphatic rings. The molecule has 0 atom stereocenters. The number of amides is 1. The quantitative estimate of drug-likeness (QED) is 0.849. The summed E-state index contributed by atoms with van der Waals surface area (Å²) in [5, 5.41) is 3.32. The maximum atomic E-state index is 12.0. The van der Waals surface area contributed by atoms with E-state index in [-0.39, 0.29) is 12.5 Å². The van der Waals surface area contributed by atoms with E-state index >= 15 is 0 Å². The molecule has 7 heteroatoms. The number of halogens is 2. The third-order valence-electron chi connectivity index (χ3n) is 3.07. The Balaban J connectivity index is 1.63. The Morgan fingerprint density at radius 1 is 1.22 bits per heavy atom. The van der Waals surface area contributed by atoms with Crippen molar-refractivity contribution in [2.45, 2.75) is 0 Å². The van der Waals surface area contributed by atoms with E-state index in [1.54, 1.807) is 36.4 Å². The minimum atomic E-state index is -0.289. The van der Waals surface area contributed by atoms with Crippen LogP contribution in [0.3, 0.4) is 0 Å². The number of hydrogen-bond acceptors (Lipinski definition) is 4. The SMILES string of the molecule is O=C(COc1cccc(Cl)c1)Nc1cc2c(cc1Br)OCCO2. The van der Waals surface area contributed by atoms with Gasteiger partial charge in [0.25, 0.3) is 5.91 Å². The molecule has 3 rings (SSSR count). The van der Waals surface area contributed by atoms with E-state index in [0.717, 1.165) is 0 Å². The van der Waals surface area contributed by atoms with E-state index in [2.05, 4.69) is 21.2 Å². The van der Waals surface area contributed by atoms with E-state index in [1.807, 2.05) is 0 Å². The number of nitrogens with one attached hydrogen (secondary N) is 1. The molecule has 23 heavy (non-hydrogen) atoms. The van der Waals surface area contributed by atoms with Gasteiger partial charge in [-0.3, -0.25) is 4.79 Å². The number of fused-ring (bicyclic) bond motifs is 1. The molecular weight excluding hydrogens is 386 g/mol. The van der Waals surface area contributed by atoms with Crippen LogP contribution in [-0.4, -0.2) is 25.7 Å². The number of rotatable bonds is 4. The van der Waals surface area contributed by atoms with Crippen LogP contribution < -0.4 is 19.5 Å². The lowest BCUT2D eigenvalue weighted by molar-refractivity contribution is -0.118. The van der Waals surface area contributed by atoms with Gasteiger partial charge in [-0.05, 0) is 34.1 Å². The summed E-state index contributed by atoms with van der Waals surface area (Å²) in [5.74, 6) is 1.50. The van der Waals surface area contributed by atoms with E-state index < -0.39 is 0 Å². The Kier molecular flexibility index (Phi) is 4.93. The summed E-state index contributed by atoms with van der Waals surface area (Å²) in [6, 6.07) is 10.4. The average Bonchev–Trinajstić information content (AvgIpc) is 2.54.